The van der Waals surface area contributed by atoms with Crippen molar-refractivity contribution in [2.24, 2.45) is 11.8 Å². The fourth-order valence-corrected chi connectivity index (χ4v) is 6.35. The van der Waals surface area contributed by atoms with Crippen LogP contribution in [-0.4, -0.2) is 37.6 Å². The summed E-state index contributed by atoms with van der Waals surface area (Å²) in [6.45, 7) is 12.5. The molecule has 0 aromatic rings. The summed E-state index contributed by atoms with van der Waals surface area (Å²) >= 11 is 0. The highest BCUT2D eigenvalue weighted by atomic mass is 31.2. The molecule has 0 amide bonds. The van der Waals surface area contributed by atoms with Crippen molar-refractivity contribution in [3.05, 3.63) is 0 Å². The molecule has 0 saturated carbocycles. The van der Waals surface area contributed by atoms with E-state index in [-0.39, 0.29) is 31.3 Å². The van der Waals surface area contributed by atoms with Crippen LogP contribution in [0.4, 0.5) is 0 Å². The maximum atomic E-state index is 12.6. The van der Waals surface area contributed by atoms with Crippen LogP contribution in [0.25, 0.3) is 0 Å². The second-order valence-electron chi connectivity index (χ2n) is 8.43. The highest BCUT2D eigenvalue weighted by Gasteiger charge is 2.45. The van der Waals surface area contributed by atoms with Crippen molar-refractivity contribution in [3.63, 3.8) is 0 Å². The third-order valence-corrected chi connectivity index (χ3v) is 8.35. The predicted molar refractivity (Wildman–Crippen MR) is 106 cm³/mol. The van der Waals surface area contributed by atoms with Crippen LogP contribution < -0.4 is 0 Å². The fraction of sp³-hybridized carbons (Fsp3) is 1.00. The van der Waals surface area contributed by atoms with E-state index >= 15 is 0 Å². The van der Waals surface area contributed by atoms with Crippen LogP contribution >= 0.6 is 15.6 Å². The molecule has 2 heterocycles. The molecule has 2 aliphatic heterocycles. The summed E-state index contributed by atoms with van der Waals surface area (Å²) in [5, 5.41) is 0. The topological polar surface area (TPSA) is 89.5 Å². The largest absolute Gasteiger partial charge is 0.475 e. The Balaban J connectivity index is 1.78. The third kappa shape index (κ3) is 7.17. The molecule has 166 valence electrons. The smallest absolute Gasteiger partial charge is 0.287 e. The Morgan fingerprint density at radius 3 is 2.32 bits per heavy atom. The zero-order valence-electron chi connectivity index (χ0n) is 17.9. The molecule has 2 saturated heterocycles. The number of phosphoric acid groups is 2. The van der Waals surface area contributed by atoms with Crippen LogP contribution in [-0.2, 0) is 36.3 Å². The van der Waals surface area contributed by atoms with E-state index in [1.807, 2.05) is 34.6 Å². The minimum absolute atomic E-state index is 0.151. The van der Waals surface area contributed by atoms with Gasteiger partial charge in [0.05, 0.1) is 37.6 Å². The van der Waals surface area contributed by atoms with E-state index in [0.717, 1.165) is 19.3 Å². The molecule has 2 rings (SSSR count). The molecule has 8 nitrogen and oxygen atoms in total. The maximum absolute atomic E-state index is 12.6. The van der Waals surface area contributed by atoms with E-state index in [9.17, 15) is 9.13 Å². The lowest BCUT2D eigenvalue weighted by atomic mass is 9.98. The van der Waals surface area contributed by atoms with Crippen molar-refractivity contribution < 1.29 is 36.3 Å². The Morgan fingerprint density at radius 2 is 1.75 bits per heavy atom. The molecule has 10 heteroatoms. The summed E-state index contributed by atoms with van der Waals surface area (Å²) in [7, 11) is -6.97. The summed E-state index contributed by atoms with van der Waals surface area (Å²) in [6.07, 6.45) is 2.58. The average molecular weight is 442 g/mol. The van der Waals surface area contributed by atoms with Gasteiger partial charge >= 0.3 is 15.6 Å². The number of hydrogen-bond acceptors (Lipinski definition) is 8. The van der Waals surface area contributed by atoms with Crippen molar-refractivity contribution >= 4 is 15.6 Å². The van der Waals surface area contributed by atoms with E-state index in [1.165, 1.54) is 0 Å². The lowest BCUT2D eigenvalue weighted by molar-refractivity contribution is 0.103. The Morgan fingerprint density at radius 1 is 1.07 bits per heavy atom. The van der Waals surface area contributed by atoms with Gasteiger partial charge in [-0.1, -0.05) is 33.6 Å². The highest BCUT2D eigenvalue weighted by Crippen LogP contribution is 2.59. The summed E-state index contributed by atoms with van der Waals surface area (Å²) in [5.74, 6) is 0.445. The van der Waals surface area contributed by atoms with Crippen LogP contribution in [0.3, 0.4) is 0 Å². The quantitative estimate of drug-likeness (QED) is 0.376. The summed E-state index contributed by atoms with van der Waals surface area (Å²) in [4.78, 5) is 0. The zero-order chi connectivity index (χ0) is 21.0. The van der Waals surface area contributed by atoms with Gasteiger partial charge in [0, 0.05) is 0 Å². The second-order valence-corrected chi connectivity index (χ2v) is 11.6. The molecule has 6 unspecified atom stereocenters. The monoisotopic (exact) mass is 442 g/mol. The van der Waals surface area contributed by atoms with Crippen LogP contribution in [0.15, 0.2) is 0 Å². The minimum Gasteiger partial charge on any atom is -0.287 e. The average Bonchev–Trinajstić information content (AvgIpc) is 3.08. The molecular weight excluding hydrogens is 406 g/mol. The van der Waals surface area contributed by atoms with Crippen molar-refractivity contribution in [3.8, 4) is 0 Å². The van der Waals surface area contributed by atoms with Gasteiger partial charge in [0.1, 0.15) is 0 Å². The van der Waals surface area contributed by atoms with Crippen LogP contribution in [0.5, 0.6) is 0 Å². The lowest BCUT2D eigenvalue weighted by Gasteiger charge is -2.20. The van der Waals surface area contributed by atoms with Crippen LogP contribution in [0, 0.1) is 11.8 Å². The Labute approximate surface area is 169 Å². The normalized spacial score (nSPS) is 37.2. The van der Waals surface area contributed by atoms with Crippen LogP contribution in [0.1, 0.15) is 67.2 Å². The van der Waals surface area contributed by atoms with Crippen molar-refractivity contribution in [1.29, 1.82) is 0 Å². The van der Waals surface area contributed by atoms with Gasteiger partial charge < -0.3 is 0 Å². The van der Waals surface area contributed by atoms with E-state index < -0.39 is 21.2 Å². The Hall–Kier alpha value is 0.220. The lowest BCUT2D eigenvalue weighted by Crippen LogP contribution is -2.21. The first kappa shape index (κ1) is 24.5. The summed E-state index contributed by atoms with van der Waals surface area (Å²) in [6, 6.07) is 0. The van der Waals surface area contributed by atoms with E-state index in [1.54, 1.807) is 0 Å². The van der Waals surface area contributed by atoms with Gasteiger partial charge in [0.2, 0.25) is 0 Å². The van der Waals surface area contributed by atoms with Gasteiger partial charge in [0.25, 0.3) is 0 Å². The van der Waals surface area contributed by atoms with Gasteiger partial charge in [0.15, 0.2) is 0 Å². The molecule has 6 atom stereocenters. The molecule has 28 heavy (non-hydrogen) atoms. The first-order valence-corrected chi connectivity index (χ1v) is 13.1. The first-order valence-electron chi connectivity index (χ1n) is 10.2. The van der Waals surface area contributed by atoms with Crippen LogP contribution in [0.2, 0.25) is 0 Å². The van der Waals surface area contributed by atoms with Gasteiger partial charge in [-0.25, -0.2) is 9.13 Å². The molecule has 0 aromatic heterocycles. The SMILES string of the molecule is CCC(C)COP1(=O)OC(C)C(CCC(CC)COP2(=O)OCC(C)(C)O2)O1. The predicted octanol–water partition coefficient (Wildman–Crippen LogP) is 5.72. The van der Waals surface area contributed by atoms with E-state index in [4.69, 9.17) is 27.1 Å². The van der Waals surface area contributed by atoms with Crippen molar-refractivity contribution in [2.75, 3.05) is 19.8 Å². The summed E-state index contributed by atoms with van der Waals surface area (Å²) < 4.78 is 57.8. The molecule has 0 aromatic carbocycles. The molecule has 0 N–H and O–H groups in total. The number of phosphoric ester groups is 2. The first-order chi connectivity index (χ1) is 13.0. The standard InChI is InChI=1S/C18H36O8P2/c1-7-14(3)11-21-28(20)24-15(4)17(25-28)10-9-16(8-2)12-22-27(19)23-13-18(5,6)26-27/h14-17H,7-13H2,1-6H3. The minimum atomic E-state index is -3.49. The van der Waals surface area contributed by atoms with Crippen molar-refractivity contribution in [2.45, 2.75) is 85.0 Å². The molecular formula is C18H36O8P2. The molecule has 0 radical (unpaired) electrons. The van der Waals surface area contributed by atoms with Gasteiger partial charge in [-0.05, 0) is 45.4 Å². The summed E-state index contributed by atoms with van der Waals surface area (Å²) in [5.41, 5.74) is -0.599. The van der Waals surface area contributed by atoms with Gasteiger partial charge in [-0.3, -0.25) is 27.1 Å². The molecule has 0 spiro atoms. The highest BCUT2D eigenvalue weighted by molar-refractivity contribution is 7.49. The zero-order valence-corrected chi connectivity index (χ0v) is 19.7. The maximum Gasteiger partial charge on any atom is 0.475 e. The van der Waals surface area contributed by atoms with E-state index in [0.29, 0.717) is 18.9 Å². The fourth-order valence-electron chi connectivity index (χ4n) is 2.89. The Kier molecular flexibility index (Phi) is 8.76. The molecule has 0 bridgehead atoms. The van der Waals surface area contributed by atoms with Gasteiger partial charge in [-0.15, -0.1) is 0 Å². The second kappa shape index (κ2) is 10.0. The number of rotatable bonds is 11. The molecule has 2 aliphatic rings. The number of hydrogen-bond donors (Lipinski definition) is 0. The van der Waals surface area contributed by atoms with Gasteiger partial charge in [-0.2, -0.15) is 0 Å². The molecule has 2 fully saturated rings. The third-order valence-electron chi connectivity index (χ3n) is 5.13. The van der Waals surface area contributed by atoms with E-state index in [2.05, 4.69) is 6.92 Å². The van der Waals surface area contributed by atoms with Crippen molar-refractivity contribution in [1.82, 2.24) is 0 Å². The Bertz CT molecular complexity index is 596. The molecule has 0 aliphatic carbocycles.